The number of aromatic nitrogens is 3. The van der Waals surface area contributed by atoms with Crippen molar-refractivity contribution in [3.63, 3.8) is 0 Å². The highest BCUT2D eigenvalue weighted by Crippen LogP contribution is 2.02. The number of ether oxygens (including phenoxy) is 1. The van der Waals surface area contributed by atoms with Crippen molar-refractivity contribution in [2.75, 3.05) is 20.3 Å². The predicted molar refractivity (Wildman–Crippen MR) is 74.4 cm³/mol. The maximum atomic E-state index is 11.8. The van der Waals surface area contributed by atoms with Crippen molar-refractivity contribution in [3.8, 4) is 0 Å². The van der Waals surface area contributed by atoms with E-state index >= 15 is 0 Å². The van der Waals surface area contributed by atoms with Crippen LogP contribution in [-0.2, 0) is 11.3 Å². The lowest BCUT2D eigenvalue weighted by Crippen LogP contribution is -2.25. The molecule has 6 heteroatoms. The minimum absolute atomic E-state index is 0.208. The van der Waals surface area contributed by atoms with Gasteiger partial charge in [0.05, 0.1) is 12.7 Å². The number of hydrogen-bond donors (Lipinski definition) is 1. The zero-order valence-electron chi connectivity index (χ0n) is 11.5. The summed E-state index contributed by atoms with van der Waals surface area (Å²) in [5, 5.41) is 10.6. The molecule has 6 nitrogen and oxygen atoms in total. The fourth-order valence-electron chi connectivity index (χ4n) is 1.76. The topological polar surface area (TPSA) is 69.0 Å². The molecule has 1 N–H and O–H groups in total. The molecule has 0 spiro atoms. The van der Waals surface area contributed by atoms with Crippen molar-refractivity contribution in [1.82, 2.24) is 20.3 Å². The van der Waals surface area contributed by atoms with Gasteiger partial charge in [0.15, 0.2) is 5.69 Å². The SMILES string of the molecule is COCCCNC(=O)c1cn(Cc2ccccc2)nn1. The first-order valence-corrected chi connectivity index (χ1v) is 6.51. The number of hydrogen-bond acceptors (Lipinski definition) is 4. The number of nitrogens with one attached hydrogen (secondary N) is 1. The van der Waals surface area contributed by atoms with Crippen molar-refractivity contribution in [3.05, 3.63) is 47.8 Å². The summed E-state index contributed by atoms with van der Waals surface area (Å²) in [6.45, 7) is 1.80. The van der Waals surface area contributed by atoms with Crippen LogP contribution in [0, 0.1) is 0 Å². The molecule has 1 heterocycles. The summed E-state index contributed by atoms with van der Waals surface area (Å²) < 4.78 is 6.57. The predicted octanol–water partition coefficient (Wildman–Crippen LogP) is 1.09. The van der Waals surface area contributed by atoms with E-state index in [2.05, 4.69) is 15.6 Å². The molecule has 0 radical (unpaired) electrons. The first kappa shape index (κ1) is 14.2. The Morgan fingerprint density at radius 2 is 2.15 bits per heavy atom. The van der Waals surface area contributed by atoms with Gasteiger partial charge in [-0.15, -0.1) is 5.10 Å². The van der Waals surface area contributed by atoms with Crippen molar-refractivity contribution in [2.24, 2.45) is 0 Å². The first-order chi connectivity index (χ1) is 9.79. The van der Waals surface area contributed by atoms with Gasteiger partial charge in [-0.1, -0.05) is 35.5 Å². The Morgan fingerprint density at radius 1 is 1.35 bits per heavy atom. The summed E-state index contributed by atoms with van der Waals surface area (Å²) in [5.41, 5.74) is 1.45. The fraction of sp³-hybridized carbons (Fsp3) is 0.357. The third kappa shape index (κ3) is 4.17. The summed E-state index contributed by atoms with van der Waals surface area (Å²) in [4.78, 5) is 11.8. The van der Waals surface area contributed by atoms with E-state index in [4.69, 9.17) is 4.74 Å². The lowest BCUT2D eigenvalue weighted by Gasteiger charge is -2.01. The highest BCUT2D eigenvalue weighted by Gasteiger charge is 2.10. The summed E-state index contributed by atoms with van der Waals surface area (Å²) in [6, 6.07) is 9.91. The van der Waals surface area contributed by atoms with Crippen LogP contribution < -0.4 is 5.32 Å². The van der Waals surface area contributed by atoms with Crippen LogP contribution in [0.15, 0.2) is 36.5 Å². The van der Waals surface area contributed by atoms with Crippen LogP contribution in [0.2, 0.25) is 0 Å². The van der Waals surface area contributed by atoms with Gasteiger partial charge in [-0.3, -0.25) is 4.79 Å². The van der Waals surface area contributed by atoms with E-state index in [1.807, 2.05) is 30.3 Å². The Hall–Kier alpha value is -2.21. The molecule has 1 aromatic carbocycles. The highest BCUT2D eigenvalue weighted by atomic mass is 16.5. The molecule has 20 heavy (non-hydrogen) atoms. The summed E-state index contributed by atoms with van der Waals surface area (Å²) >= 11 is 0. The van der Waals surface area contributed by atoms with Crippen molar-refractivity contribution < 1.29 is 9.53 Å². The van der Waals surface area contributed by atoms with E-state index in [0.717, 1.165) is 12.0 Å². The number of methoxy groups -OCH3 is 1. The average molecular weight is 274 g/mol. The maximum Gasteiger partial charge on any atom is 0.273 e. The van der Waals surface area contributed by atoms with E-state index in [9.17, 15) is 4.79 Å². The van der Waals surface area contributed by atoms with E-state index in [1.165, 1.54) is 0 Å². The molecule has 0 saturated carbocycles. The van der Waals surface area contributed by atoms with Crippen LogP contribution in [0.25, 0.3) is 0 Å². The quantitative estimate of drug-likeness (QED) is 0.767. The molecule has 2 rings (SSSR count). The molecule has 0 fully saturated rings. The first-order valence-electron chi connectivity index (χ1n) is 6.51. The van der Waals surface area contributed by atoms with E-state index in [0.29, 0.717) is 25.4 Å². The molecule has 0 unspecified atom stereocenters. The molecule has 0 aliphatic heterocycles. The van der Waals surface area contributed by atoms with Crippen LogP contribution in [-0.4, -0.2) is 41.2 Å². The highest BCUT2D eigenvalue weighted by molar-refractivity contribution is 5.91. The Kier molecular flexibility index (Phi) is 5.25. The smallest absolute Gasteiger partial charge is 0.273 e. The van der Waals surface area contributed by atoms with E-state index in [-0.39, 0.29) is 5.91 Å². The largest absolute Gasteiger partial charge is 0.385 e. The number of carbonyl (C=O) groups excluding carboxylic acids is 1. The molecule has 1 aromatic heterocycles. The second-order valence-electron chi connectivity index (χ2n) is 4.39. The van der Waals surface area contributed by atoms with Gasteiger partial charge in [0.25, 0.3) is 5.91 Å². The molecule has 2 aromatic rings. The maximum absolute atomic E-state index is 11.8. The number of nitrogens with zero attached hydrogens (tertiary/aromatic N) is 3. The van der Waals surface area contributed by atoms with Crippen LogP contribution >= 0.6 is 0 Å². The number of carbonyl (C=O) groups is 1. The zero-order chi connectivity index (χ0) is 14.2. The standard InChI is InChI=1S/C14H18N4O2/c1-20-9-5-8-15-14(19)13-11-18(17-16-13)10-12-6-3-2-4-7-12/h2-4,6-7,11H,5,8-10H2,1H3,(H,15,19). The van der Waals surface area contributed by atoms with Gasteiger partial charge in [-0.2, -0.15) is 0 Å². The minimum Gasteiger partial charge on any atom is -0.385 e. The normalized spacial score (nSPS) is 10.4. The summed E-state index contributed by atoms with van der Waals surface area (Å²) in [6.07, 6.45) is 2.43. The molecule has 106 valence electrons. The van der Waals surface area contributed by atoms with Crippen molar-refractivity contribution in [2.45, 2.75) is 13.0 Å². The van der Waals surface area contributed by atoms with Crippen LogP contribution in [0.3, 0.4) is 0 Å². The van der Waals surface area contributed by atoms with Gasteiger partial charge >= 0.3 is 0 Å². The Labute approximate surface area is 117 Å². The molecule has 0 aliphatic rings. The molecular formula is C14H18N4O2. The third-order valence-electron chi connectivity index (χ3n) is 2.77. The van der Waals surface area contributed by atoms with Crippen LogP contribution in [0.5, 0.6) is 0 Å². The van der Waals surface area contributed by atoms with Crippen molar-refractivity contribution >= 4 is 5.91 Å². The minimum atomic E-state index is -0.208. The van der Waals surface area contributed by atoms with Gasteiger partial charge in [0, 0.05) is 20.3 Å². The molecule has 0 aliphatic carbocycles. The lowest BCUT2D eigenvalue weighted by molar-refractivity contribution is 0.0943. The van der Waals surface area contributed by atoms with E-state index < -0.39 is 0 Å². The Morgan fingerprint density at radius 3 is 2.90 bits per heavy atom. The molecular weight excluding hydrogens is 256 g/mol. The third-order valence-corrected chi connectivity index (χ3v) is 2.77. The summed E-state index contributed by atoms with van der Waals surface area (Å²) in [7, 11) is 1.64. The zero-order valence-corrected chi connectivity index (χ0v) is 11.5. The Bertz CT molecular complexity index is 539. The van der Waals surface area contributed by atoms with Gasteiger partial charge in [0.1, 0.15) is 0 Å². The number of amides is 1. The number of benzene rings is 1. The fourth-order valence-corrected chi connectivity index (χ4v) is 1.76. The van der Waals surface area contributed by atoms with Gasteiger partial charge in [-0.25, -0.2) is 4.68 Å². The van der Waals surface area contributed by atoms with Gasteiger partial charge in [0.2, 0.25) is 0 Å². The summed E-state index contributed by atoms with van der Waals surface area (Å²) in [5.74, 6) is -0.208. The number of rotatable bonds is 7. The van der Waals surface area contributed by atoms with Gasteiger partial charge < -0.3 is 10.1 Å². The van der Waals surface area contributed by atoms with Gasteiger partial charge in [-0.05, 0) is 12.0 Å². The lowest BCUT2D eigenvalue weighted by atomic mass is 10.2. The molecule has 0 bridgehead atoms. The average Bonchev–Trinajstić information content (AvgIpc) is 2.93. The monoisotopic (exact) mass is 274 g/mol. The van der Waals surface area contributed by atoms with Crippen LogP contribution in [0.4, 0.5) is 0 Å². The molecule has 1 amide bonds. The Balaban J connectivity index is 1.87. The molecule has 0 atom stereocenters. The second-order valence-corrected chi connectivity index (χ2v) is 4.39. The molecule has 0 saturated heterocycles. The second kappa shape index (κ2) is 7.40. The van der Waals surface area contributed by atoms with E-state index in [1.54, 1.807) is 18.0 Å². The van der Waals surface area contributed by atoms with Crippen LogP contribution in [0.1, 0.15) is 22.5 Å². The van der Waals surface area contributed by atoms with Crippen molar-refractivity contribution in [1.29, 1.82) is 0 Å².